The summed E-state index contributed by atoms with van der Waals surface area (Å²) in [7, 11) is 0. The number of nitrogens with zero attached hydrogens (tertiary/aromatic N) is 4. The Balaban J connectivity index is 1.72. The first kappa shape index (κ1) is 13.7. The van der Waals surface area contributed by atoms with Crippen LogP contribution in [0.4, 0.5) is 0 Å². The first-order valence-corrected chi connectivity index (χ1v) is 6.93. The van der Waals surface area contributed by atoms with E-state index in [2.05, 4.69) is 10.3 Å². The highest BCUT2D eigenvalue weighted by molar-refractivity contribution is 5.77. The lowest BCUT2D eigenvalue weighted by Gasteiger charge is -2.15. The summed E-state index contributed by atoms with van der Waals surface area (Å²) in [5, 5.41) is 17.8. The third kappa shape index (κ3) is 2.78. The number of hydrogen-bond acceptors (Lipinski definition) is 5. The molecule has 3 rings (SSSR count). The number of carbonyl (C=O) groups excluding carboxylic acids is 1. The molecule has 0 unspecified atom stereocenters. The summed E-state index contributed by atoms with van der Waals surface area (Å²) in [6, 6.07) is 6.99. The normalized spacial score (nSPS) is 18.3. The number of aliphatic hydroxyl groups is 1. The molecule has 1 aromatic carbocycles. The van der Waals surface area contributed by atoms with E-state index in [9.17, 15) is 14.7 Å². The van der Waals surface area contributed by atoms with Gasteiger partial charge in [0.05, 0.1) is 18.0 Å². The van der Waals surface area contributed by atoms with Gasteiger partial charge in [0.2, 0.25) is 5.91 Å². The molecular weight excluding hydrogens is 272 g/mol. The summed E-state index contributed by atoms with van der Waals surface area (Å²) >= 11 is 0. The average molecular weight is 288 g/mol. The van der Waals surface area contributed by atoms with Crippen molar-refractivity contribution in [3.63, 3.8) is 0 Å². The molecule has 1 aromatic heterocycles. The highest BCUT2D eigenvalue weighted by atomic mass is 16.3. The maximum atomic E-state index is 12.2. The van der Waals surface area contributed by atoms with E-state index in [0.29, 0.717) is 30.4 Å². The second-order valence-corrected chi connectivity index (χ2v) is 5.17. The van der Waals surface area contributed by atoms with Crippen molar-refractivity contribution in [2.75, 3.05) is 13.1 Å². The van der Waals surface area contributed by atoms with Crippen molar-refractivity contribution >= 4 is 16.8 Å². The van der Waals surface area contributed by atoms with Crippen LogP contribution in [-0.2, 0) is 11.3 Å². The van der Waals surface area contributed by atoms with Crippen LogP contribution in [-0.4, -0.2) is 50.1 Å². The van der Waals surface area contributed by atoms with Crippen molar-refractivity contribution in [2.24, 2.45) is 0 Å². The Hall–Kier alpha value is -2.28. The average Bonchev–Trinajstić information content (AvgIpc) is 2.93. The molecular formula is C14H16N4O3. The lowest BCUT2D eigenvalue weighted by Crippen LogP contribution is -2.32. The number of benzene rings is 1. The van der Waals surface area contributed by atoms with E-state index in [4.69, 9.17) is 0 Å². The quantitative estimate of drug-likeness (QED) is 0.843. The van der Waals surface area contributed by atoms with Crippen LogP contribution in [0, 0.1) is 0 Å². The van der Waals surface area contributed by atoms with E-state index in [1.807, 2.05) is 0 Å². The Kier molecular flexibility index (Phi) is 3.66. The standard InChI is InChI=1S/C14H16N4O3/c19-10-5-7-17(9-10)13(20)6-8-18-14(21)11-3-1-2-4-12(11)15-16-18/h1-4,10,19H,5-9H2/t10-/m0/s1. The number of aliphatic hydroxyl groups excluding tert-OH is 1. The zero-order valence-corrected chi connectivity index (χ0v) is 11.5. The number of likely N-dealkylation sites (tertiary alicyclic amines) is 1. The number of β-amino-alcohol motifs (C(OH)–C–C–N with tert-alkyl or cyclic N) is 1. The molecule has 7 nitrogen and oxygen atoms in total. The van der Waals surface area contributed by atoms with Gasteiger partial charge in [-0.2, -0.15) is 0 Å². The first-order valence-electron chi connectivity index (χ1n) is 6.93. The molecule has 110 valence electrons. The molecule has 1 aliphatic rings. The molecule has 2 aromatic rings. The number of fused-ring (bicyclic) bond motifs is 1. The molecule has 0 radical (unpaired) electrons. The predicted molar refractivity (Wildman–Crippen MR) is 75.6 cm³/mol. The predicted octanol–water partition coefficient (Wildman–Crippen LogP) is -0.225. The number of aromatic nitrogens is 3. The Morgan fingerprint density at radius 2 is 2.19 bits per heavy atom. The van der Waals surface area contributed by atoms with E-state index in [1.54, 1.807) is 29.2 Å². The molecule has 0 saturated carbocycles. The van der Waals surface area contributed by atoms with Crippen molar-refractivity contribution in [2.45, 2.75) is 25.5 Å². The van der Waals surface area contributed by atoms with Gasteiger partial charge in [-0.25, -0.2) is 4.68 Å². The van der Waals surface area contributed by atoms with Gasteiger partial charge in [-0.15, -0.1) is 5.10 Å². The van der Waals surface area contributed by atoms with E-state index >= 15 is 0 Å². The molecule has 2 heterocycles. The van der Waals surface area contributed by atoms with Gasteiger partial charge >= 0.3 is 0 Å². The maximum Gasteiger partial charge on any atom is 0.277 e. The molecule has 1 amide bonds. The fourth-order valence-corrected chi connectivity index (χ4v) is 2.50. The Bertz CT molecular complexity index is 727. The lowest BCUT2D eigenvalue weighted by molar-refractivity contribution is -0.130. The third-order valence-electron chi connectivity index (χ3n) is 3.68. The Morgan fingerprint density at radius 1 is 1.38 bits per heavy atom. The number of rotatable bonds is 3. The van der Waals surface area contributed by atoms with Gasteiger partial charge in [-0.05, 0) is 18.6 Å². The summed E-state index contributed by atoms with van der Waals surface area (Å²) in [4.78, 5) is 25.8. The monoisotopic (exact) mass is 288 g/mol. The van der Waals surface area contributed by atoms with Gasteiger partial charge in [0.1, 0.15) is 5.52 Å². The van der Waals surface area contributed by atoms with Crippen LogP contribution in [0.1, 0.15) is 12.8 Å². The summed E-state index contributed by atoms with van der Waals surface area (Å²) < 4.78 is 1.22. The second-order valence-electron chi connectivity index (χ2n) is 5.17. The Labute approximate surface area is 120 Å². The molecule has 0 aliphatic carbocycles. The summed E-state index contributed by atoms with van der Waals surface area (Å²) in [5.74, 6) is -0.0755. The van der Waals surface area contributed by atoms with Gasteiger partial charge in [-0.3, -0.25) is 9.59 Å². The summed E-state index contributed by atoms with van der Waals surface area (Å²) in [6.07, 6.45) is 0.360. The van der Waals surface area contributed by atoms with Crippen LogP contribution in [0.5, 0.6) is 0 Å². The van der Waals surface area contributed by atoms with Crippen LogP contribution in [0.2, 0.25) is 0 Å². The van der Waals surface area contributed by atoms with Crippen molar-refractivity contribution in [3.05, 3.63) is 34.6 Å². The topological polar surface area (TPSA) is 88.3 Å². The van der Waals surface area contributed by atoms with Gasteiger partial charge in [0.15, 0.2) is 0 Å². The summed E-state index contributed by atoms with van der Waals surface area (Å²) in [6.45, 7) is 1.14. The second kappa shape index (κ2) is 5.61. The maximum absolute atomic E-state index is 12.2. The fourth-order valence-electron chi connectivity index (χ4n) is 2.50. The number of hydrogen-bond donors (Lipinski definition) is 1. The number of amides is 1. The lowest BCUT2D eigenvalue weighted by atomic mass is 10.2. The van der Waals surface area contributed by atoms with Crippen LogP contribution < -0.4 is 5.56 Å². The van der Waals surface area contributed by atoms with E-state index in [0.717, 1.165) is 0 Å². The molecule has 0 spiro atoms. The smallest absolute Gasteiger partial charge is 0.277 e. The molecule has 1 aliphatic heterocycles. The molecule has 1 N–H and O–H groups in total. The molecule has 1 atom stereocenters. The van der Waals surface area contributed by atoms with Crippen LogP contribution in [0.25, 0.3) is 10.9 Å². The van der Waals surface area contributed by atoms with Crippen LogP contribution >= 0.6 is 0 Å². The van der Waals surface area contributed by atoms with Crippen molar-refractivity contribution in [1.82, 2.24) is 19.9 Å². The molecule has 0 bridgehead atoms. The van der Waals surface area contributed by atoms with Crippen molar-refractivity contribution in [1.29, 1.82) is 0 Å². The third-order valence-corrected chi connectivity index (χ3v) is 3.68. The van der Waals surface area contributed by atoms with Crippen molar-refractivity contribution < 1.29 is 9.90 Å². The van der Waals surface area contributed by atoms with Crippen LogP contribution in [0.3, 0.4) is 0 Å². The minimum Gasteiger partial charge on any atom is -0.391 e. The zero-order chi connectivity index (χ0) is 14.8. The van der Waals surface area contributed by atoms with Crippen LogP contribution in [0.15, 0.2) is 29.1 Å². The molecule has 1 saturated heterocycles. The molecule has 7 heteroatoms. The zero-order valence-electron chi connectivity index (χ0n) is 11.5. The van der Waals surface area contributed by atoms with E-state index in [1.165, 1.54) is 4.68 Å². The SMILES string of the molecule is O=C(CCn1nnc2ccccc2c1=O)N1CC[C@H](O)C1. The Morgan fingerprint density at radius 3 is 2.95 bits per heavy atom. The number of aryl methyl sites for hydroxylation is 1. The first-order chi connectivity index (χ1) is 10.1. The van der Waals surface area contributed by atoms with Gasteiger partial charge in [0, 0.05) is 19.5 Å². The highest BCUT2D eigenvalue weighted by Crippen LogP contribution is 2.10. The van der Waals surface area contributed by atoms with Gasteiger partial charge < -0.3 is 10.0 Å². The minimum atomic E-state index is -0.433. The molecule has 21 heavy (non-hydrogen) atoms. The minimum absolute atomic E-state index is 0.0755. The van der Waals surface area contributed by atoms with E-state index < -0.39 is 6.10 Å². The van der Waals surface area contributed by atoms with Crippen molar-refractivity contribution in [3.8, 4) is 0 Å². The van der Waals surface area contributed by atoms with E-state index in [-0.39, 0.29) is 24.4 Å². The largest absolute Gasteiger partial charge is 0.391 e. The highest BCUT2D eigenvalue weighted by Gasteiger charge is 2.24. The van der Waals surface area contributed by atoms with Gasteiger partial charge in [-0.1, -0.05) is 17.3 Å². The fraction of sp³-hybridized carbons (Fsp3) is 0.429. The van der Waals surface area contributed by atoms with Gasteiger partial charge in [0.25, 0.3) is 5.56 Å². The number of carbonyl (C=O) groups is 1. The molecule has 1 fully saturated rings. The summed E-state index contributed by atoms with van der Waals surface area (Å²) in [5.41, 5.74) is 0.308.